The number of methoxy groups -OCH3 is 1. The van der Waals surface area contributed by atoms with Crippen LogP contribution in [0.1, 0.15) is 5.56 Å². The van der Waals surface area contributed by atoms with E-state index in [2.05, 4.69) is 0 Å². The number of benzene rings is 1. The molecule has 0 aliphatic heterocycles. The lowest BCUT2D eigenvalue weighted by Gasteiger charge is -2.07. The molecule has 0 amide bonds. The highest BCUT2D eigenvalue weighted by Crippen LogP contribution is 2.26. The highest BCUT2D eigenvalue weighted by Gasteiger charge is 2.11. The van der Waals surface area contributed by atoms with Crippen LogP contribution in [0, 0.1) is 0 Å². The van der Waals surface area contributed by atoms with E-state index < -0.39 is 5.97 Å². The average Bonchev–Trinajstić information content (AvgIpc) is 2.15. The zero-order chi connectivity index (χ0) is 11.5. The van der Waals surface area contributed by atoms with Crippen LogP contribution in [0.3, 0.4) is 0 Å². The minimum absolute atomic E-state index is 0.0158. The molecule has 1 aromatic rings. The van der Waals surface area contributed by atoms with Gasteiger partial charge in [0, 0.05) is 6.08 Å². The summed E-state index contributed by atoms with van der Waals surface area (Å²) >= 11 is 0. The normalized spacial score (nSPS) is 12.0. The van der Waals surface area contributed by atoms with Crippen molar-refractivity contribution in [1.82, 2.24) is 0 Å². The summed E-state index contributed by atoms with van der Waals surface area (Å²) in [5.74, 6) is -2.60. The van der Waals surface area contributed by atoms with Crippen molar-refractivity contribution >= 4 is 6.08 Å². The first-order valence-electron chi connectivity index (χ1n) is 4.16. The number of aliphatic hydroxyl groups is 3. The smallest absolute Gasteiger partial charge is 0.297 e. The summed E-state index contributed by atoms with van der Waals surface area (Å²) in [6, 6.07) is 4.41. The van der Waals surface area contributed by atoms with Crippen LogP contribution in [0.4, 0.5) is 0 Å². The maximum Gasteiger partial charge on any atom is 0.297 e. The van der Waals surface area contributed by atoms with Gasteiger partial charge < -0.3 is 25.2 Å². The fraction of sp³-hybridized carbons (Fsp3) is 0.200. The minimum atomic E-state index is -2.84. The van der Waals surface area contributed by atoms with Gasteiger partial charge in [0.1, 0.15) is 0 Å². The molecular weight excluding hydrogens is 200 g/mol. The van der Waals surface area contributed by atoms with E-state index in [0.717, 1.165) is 6.08 Å². The van der Waals surface area contributed by atoms with E-state index in [-0.39, 0.29) is 11.5 Å². The Labute approximate surface area is 86.5 Å². The maximum atomic E-state index is 9.27. The number of phenols is 1. The van der Waals surface area contributed by atoms with Crippen molar-refractivity contribution in [2.45, 2.75) is 5.97 Å². The summed E-state index contributed by atoms with van der Waals surface area (Å²) in [6.45, 7) is 0. The van der Waals surface area contributed by atoms with Gasteiger partial charge in [-0.3, -0.25) is 0 Å². The Morgan fingerprint density at radius 1 is 1.27 bits per heavy atom. The lowest BCUT2D eigenvalue weighted by Crippen LogP contribution is -2.22. The largest absolute Gasteiger partial charge is 0.504 e. The molecule has 0 bridgehead atoms. The summed E-state index contributed by atoms with van der Waals surface area (Å²) < 4.78 is 4.85. The second-order valence-electron chi connectivity index (χ2n) is 2.95. The van der Waals surface area contributed by atoms with Crippen LogP contribution in [0.25, 0.3) is 6.08 Å². The Hall–Kier alpha value is -1.56. The molecule has 0 atom stereocenters. The van der Waals surface area contributed by atoms with E-state index in [1.165, 1.54) is 31.4 Å². The average molecular weight is 212 g/mol. The number of rotatable bonds is 3. The number of aromatic hydroxyl groups is 1. The summed E-state index contributed by atoms with van der Waals surface area (Å²) in [4.78, 5) is 0. The van der Waals surface area contributed by atoms with E-state index >= 15 is 0 Å². The van der Waals surface area contributed by atoms with Gasteiger partial charge >= 0.3 is 0 Å². The van der Waals surface area contributed by atoms with Crippen LogP contribution in [-0.2, 0) is 0 Å². The van der Waals surface area contributed by atoms with Crippen molar-refractivity contribution in [2.24, 2.45) is 0 Å². The van der Waals surface area contributed by atoms with Crippen molar-refractivity contribution < 1.29 is 25.2 Å². The lowest BCUT2D eigenvalue weighted by molar-refractivity contribution is -0.272. The first-order chi connectivity index (χ1) is 6.92. The third-order valence-electron chi connectivity index (χ3n) is 1.70. The fourth-order valence-electron chi connectivity index (χ4n) is 1.01. The van der Waals surface area contributed by atoms with Gasteiger partial charge in [-0.2, -0.15) is 0 Å². The Kier molecular flexibility index (Phi) is 3.31. The molecule has 1 rings (SSSR count). The Balaban J connectivity index is 2.93. The molecule has 0 fully saturated rings. The lowest BCUT2D eigenvalue weighted by atomic mass is 10.2. The van der Waals surface area contributed by atoms with E-state index in [9.17, 15) is 5.11 Å². The third kappa shape index (κ3) is 3.59. The number of hydrogen-bond acceptors (Lipinski definition) is 5. The van der Waals surface area contributed by atoms with Crippen molar-refractivity contribution in [3.63, 3.8) is 0 Å². The zero-order valence-electron chi connectivity index (χ0n) is 8.08. The summed E-state index contributed by atoms with van der Waals surface area (Å²) in [6.07, 6.45) is 2.07. The molecule has 0 radical (unpaired) electrons. The van der Waals surface area contributed by atoms with Crippen molar-refractivity contribution in [3.8, 4) is 11.5 Å². The molecule has 0 unspecified atom stereocenters. The molecule has 0 aliphatic rings. The number of phenolic OH excluding ortho intramolecular Hbond substituents is 1. The molecule has 0 aliphatic carbocycles. The second-order valence-corrected chi connectivity index (χ2v) is 2.95. The van der Waals surface area contributed by atoms with Gasteiger partial charge in [0.25, 0.3) is 5.97 Å². The Bertz CT molecular complexity index is 365. The summed E-state index contributed by atoms with van der Waals surface area (Å²) in [5, 5.41) is 35.1. The highest BCUT2D eigenvalue weighted by atomic mass is 16.7. The van der Waals surface area contributed by atoms with Crippen LogP contribution >= 0.6 is 0 Å². The van der Waals surface area contributed by atoms with Crippen molar-refractivity contribution in [3.05, 3.63) is 29.8 Å². The second kappa shape index (κ2) is 4.31. The third-order valence-corrected chi connectivity index (χ3v) is 1.70. The zero-order valence-corrected chi connectivity index (χ0v) is 8.08. The molecule has 0 saturated heterocycles. The molecular formula is C10H12O5. The van der Waals surface area contributed by atoms with Crippen molar-refractivity contribution in [2.75, 3.05) is 7.11 Å². The van der Waals surface area contributed by atoms with Gasteiger partial charge in [0.05, 0.1) is 7.11 Å². The van der Waals surface area contributed by atoms with E-state index in [1.807, 2.05) is 0 Å². The molecule has 0 heterocycles. The monoisotopic (exact) mass is 212 g/mol. The van der Waals surface area contributed by atoms with Gasteiger partial charge in [-0.05, 0) is 17.7 Å². The molecule has 5 heteroatoms. The molecule has 15 heavy (non-hydrogen) atoms. The molecule has 0 spiro atoms. The Morgan fingerprint density at radius 3 is 2.47 bits per heavy atom. The van der Waals surface area contributed by atoms with E-state index in [4.69, 9.17) is 20.1 Å². The fourth-order valence-corrected chi connectivity index (χ4v) is 1.01. The number of ether oxygens (including phenoxy) is 1. The van der Waals surface area contributed by atoms with Crippen LogP contribution in [0.5, 0.6) is 11.5 Å². The van der Waals surface area contributed by atoms with Gasteiger partial charge in [-0.25, -0.2) is 0 Å². The first kappa shape index (κ1) is 11.5. The molecule has 0 aromatic heterocycles. The summed E-state index contributed by atoms with van der Waals surface area (Å²) in [5.41, 5.74) is 0.547. The molecule has 5 nitrogen and oxygen atoms in total. The van der Waals surface area contributed by atoms with Crippen LogP contribution < -0.4 is 4.74 Å². The first-order valence-corrected chi connectivity index (χ1v) is 4.16. The predicted molar refractivity (Wildman–Crippen MR) is 53.1 cm³/mol. The Morgan fingerprint density at radius 2 is 1.93 bits per heavy atom. The molecule has 4 N–H and O–H groups in total. The van der Waals surface area contributed by atoms with Gasteiger partial charge in [-0.1, -0.05) is 12.1 Å². The maximum absolute atomic E-state index is 9.27. The standard InChI is InChI=1S/C10H12O5/c1-15-9-6-7(2-3-8(9)11)4-5-10(12,13)14/h2-6,11-14H,1H3/b5-4+. The van der Waals surface area contributed by atoms with Crippen LogP contribution in [0.15, 0.2) is 24.3 Å². The number of hydrogen-bond donors (Lipinski definition) is 4. The predicted octanol–water partition coefficient (Wildman–Crippen LogP) is 0.0447. The van der Waals surface area contributed by atoms with Crippen molar-refractivity contribution in [1.29, 1.82) is 0 Å². The van der Waals surface area contributed by atoms with E-state index in [0.29, 0.717) is 5.56 Å². The van der Waals surface area contributed by atoms with Gasteiger partial charge in [0.2, 0.25) is 0 Å². The minimum Gasteiger partial charge on any atom is -0.504 e. The molecule has 82 valence electrons. The van der Waals surface area contributed by atoms with Gasteiger partial charge in [-0.15, -0.1) is 0 Å². The molecule has 1 aromatic carbocycles. The molecule has 0 saturated carbocycles. The quantitative estimate of drug-likeness (QED) is 0.531. The highest BCUT2D eigenvalue weighted by molar-refractivity contribution is 5.55. The van der Waals surface area contributed by atoms with Crippen LogP contribution in [-0.4, -0.2) is 33.5 Å². The SMILES string of the molecule is COc1cc(/C=C/C(O)(O)O)ccc1O. The topological polar surface area (TPSA) is 90.2 Å². The van der Waals surface area contributed by atoms with E-state index in [1.54, 1.807) is 0 Å². The van der Waals surface area contributed by atoms with Crippen LogP contribution in [0.2, 0.25) is 0 Å². The summed E-state index contributed by atoms with van der Waals surface area (Å²) in [7, 11) is 1.40. The van der Waals surface area contributed by atoms with Gasteiger partial charge in [0.15, 0.2) is 11.5 Å².